The Hall–Kier alpha value is -0.0400. The van der Waals surface area contributed by atoms with Gasteiger partial charge in [-0.05, 0) is 30.6 Å². The van der Waals surface area contributed by atoms with Gasteiger partial charge in [-0.3, -0.25) is 4.90 Å². The van der Waals surface area contributed by atoms with Crippen LogP contribution in [0, 0.1) is 17.8 Å². The molecule has 0 N–H and O–H groups in total. The molecule has 1 nitrogen and oxygen atoms in total. The summed E-state index contributed by atoms with van der Waals surface area (Å²) in [4.78, 5) is 2.76. The standard InChI is InChI=1S/C12H23N/c1-8(2)7-13-10-5-11(9(3)4)12(13)6-10/h8-12H,5-7H2,1-4H3. The largest absolute Gasteiger partial charge is 0.297 e. The monoisotopic (exact) mass is 181 g/mol. The minimum Gasteiger partial charge on any atom is -0.297 e. The highest BCUT2D eigenvalue weighted by atomic mass is 15.3. The third-order valence-corrected chi connectivity index (χ3v) is 3.88. The summed E-state index contributed by atoms with van der Waals surface area (Å²) in [5, 5.41) is 0. The lowest BCUT2D eigenvalue weighted by molar-refractivity contribution is 0.0485. The van der Waals surface area contributed by atoms with E-state index in [1.54, 1.807) is 0 Å². The smallest absolute Gasteiger partial charge is 0.0144 e. The Bertz CT molecular complexity index is 186. The van der Waals surface area contributed by atoms with E-state index in [4.69, 9.17) is 0 Å². The van der Waals surface area contributed by atoms with Crippen molar-refractivity contribution in [3.05, 3.63) is 0 Å². The van der Waals surface area contributed by atoms with Crippen LogP contribution in [-0.2, 0) is 0 Å². The fourth-order valence-electron chi connectivity index (χ4n) is 3.23. The molecule has 1 saturated carbocycles. The van der Waals surface area contributed by atoms with Crippen molar-refractivity contribution in [2.45, 2.75) is 52.6 Å². The second kappa shape index (κ2) is 3.27. The molecule has 2 aliphatic heterocycles. The van der Waals surface area contributed by atoms with Gasteiger partial charge in [0.2, 0.25) is 0 Å². The summed E-state index contributed by atoms with van der Waals surface area (Å²) in [6.45, 7) is 10.8. The third-order valence-electron chi connectivity index (χ3n) is 3.88. The SMILES string of the molecule is CC(C)CN1C2CC(C(C)C)C1C2. The van der Waals surface area contributed by atoms with Crippen LogP contribution in [0.25, 0.3) is 0 Å². The maximum atomic E-state index is 2.76. The molecule has 3 unspecified atom stereocenters. The zero-order valence-corrected chi connectivity index (χ0v) is 9.46. The van der Waals surface area contributed by atoms with Crippen LogP contribution >= 0.6 is 0 Å². The summed E-state index contributed by atoms with van der Waals surface area (Å²) in [6.07, 6.45) is 2.98. The first-order valence-corrected chi connectivity index (χ1v) is 5.85. The Kier molecular flexibility index (Phi) is 2.39. The number of hydrogen-bond donors (Lipinski definition) is 0. The molecule has 2 bridgehead atoms. The minimum absolute atomic E-state index is 0.844. The molecule has 0 radical (unpaired) electrons. The van der Waals surface area contributed by atoms with Crippen molar-refractivity contribution in [1.29, 1.82) is 0 Å². The molecule has 1 heteroatoms. The lowest BCUT2D eigenvalue weighted by Crippen LogP contribution is -2.51. The van der Waals surface area contributed by atoms with Gasteiger partial charge in [-0.15, -0.1) is 0 Å². The van der Waals surface area contributed by atoms with Gasteiger partial charge >= 0.3 is 0 Å². The maximum absolute atomic E-state index is 2.76. The van der Waals surface area contributed by atoms with Crippen molar-refractivity contribution in [2.24, 2.45) is 17.8 Å². The molecular weight excluding hydrogens is 158 g/mol. The Labute approximate surface area is 82.5 Å². The first kappa shape index (κ1) is 9.51. The van der Waals surface area contributed by atoms with Gasteiger partial charge in [0, 0.05) is 18.6 Å². The summed E-state index contributed by atoms with van der Waals surface area (Å²) < 4.78 is 0. The molecule has 0 aromatic rings. The number of nitrogens with zero attached hydrogens (tertiary/aromatic N) is 1. The Morgan fingerprint density at radius 2 is 1.85 bits per heavy atom. The molecule has 0 aromatic heterocycles. The van der Waals surface area contributed by atoms with Gasteiger partial charge in [-0.25, -0.2) is 0 Å². The molecule has 2 saturated heterocycles. The van der Waals surface area contributed by atoms with E-state index in [1.165, 1.54) is 19.4 Å². The van der Waals surface area contributed by atoms with Crippen LogP contribution in [0.15, 0.2) is 0 Å². The number of hydrogen-bond acceptors (Lipinski definition) is 1. The maximum Gasteiger partial charge on any atom is 0.0144 e. The summed E-state index contributed by atoms with van der Waals surface area (Å²) in [5.41, 5.74) is 0. The molecule has 2 heterocycles. The summed E-state index contributed by atoms with van der Waals surface area (Å²) in [5.74, 6) is 2.74. The average molecular weight is 181 g/mol. The Morgan fingerprint density at radius 1 is 1.15 bits per heavy atom. The van der Waals surface area contributed by atoms with E-state index < -0.39 is 0 Å². The molecule has 13 heavy (non-hydrogen) atoms. The van der Waals surface area contributed by atoms with Gasteiger partial charge < -0.3 is 0 Å². The van der Waals surface area contributed by atoms with Crippen molar-refractivity contribution in [2.75, 3.05) is 6.54 Å². The molecule has 3 atom stereocenters. The highest BCUT2D eigenvalue weighted by Crippen LogP contribution is 2.47. The Balaban J connectivity index is 1.92. The van der Waals surface area contributed by atoms with Crippen LogP contribution in [0.3, 0.4) is 0 Å². The van der Waals surface area contributed by atoms with E-state index in [0.29, 0.717) is 0 Å². The van der Waals surface area contributed by atoms with Gasteiger partial charge in [-0.1, -0.05) is 27.7 Å². The van der Waals surface area contributed by atoms with Crippen LogP contribution in [0.5, 0.6) is 0 Å². The molecule has 0 spiro atoms. The zero-order chi connectivity index (χ0) is 9.59. The van der Waals surface area contributed by atoms with E-state index in [-0.39, 0.29) is 0 Å². The highest BCUT2D eigenvalue weighted by molar-refractivity contribution is 5.06. The first-order chi connectivity index (χ1) is 6.09. The predicted octanol–water partition coefficient (Wildman–Crippen LogP) is 2.76. The van der Waals surface area contributed by atoms with E-state index in [0.717, 1.165) is 29.8 Å². The molecule has 3 rings (SSSR count). The third kappa shape index (κ3) is 1.52. The van der Waals surface area contributed by atoms with Crippen molar-refractivity contribution in [3.8, 4) is 0 Å². The molecule has 0 amide bonds. The van der Waals surface area contributed by atoms with Crippen LogP contribution < -0.4 is 0 Å². The van der Waals surface area contributed by atoms with Crippen molar-refractivity contribution < 1.29 is 0 Å². The van der Waals surface area contributed by atoms with E-state index in [1.807, 2.05) is 0 Å². The van der Waals surface area contributed by atoms with Crippen LogP contribution in [0.2, 0.25) is 0 Å². The molecule has 3 aliphatic rings. The fourth-order valence-corrected chi connectivity index (χ4v) is 3.23. The first-order valence-electron chi connectivity index (χ1n) is 5.85. The van der Waals surface area contributed by atoms with Gasteiger partial charge in [0.25, 0.3) is 0 Å². The molecule has 1 aliphatic carbocycles. The van der Waals surface area contributed by atoms with E-state index >= 15 is 0 Å². The summed E-state index contributed by atoms with van der Waals surface area (Å²) >= 11 is 0. The molecule has 0 aromatic carbocycles. The normalized spacial score (nSPS) is 38.8. The second-order valence-corrected chi connectivity index (χ2v) is 5.69. The average Bonchev–Trinajstić information content (AvgIpc) is 2.55. The number of rotatable bonds is 3. The summed E-state index contributed by atoms with van der Waals surface area (Å²) in [7, 11) is 0. The van der Waals surface area contributed by atoms with E-state index in [9.17, 15) is 0 Å². The summed E-state index contributed by atoms with van der Waals surface area (Å²) in [6, 6.07) is 1.91. The predicted molar refractivity (Wildman–Crippen MR) is 56.7 cm³/mol. The van der Waals surface area contributed by atoms with E-state index in [2.05, 4.69) is 32.6 Å². The van der Waals surface area contributed by atoms with Gasteiger partial charge in [0.05, 0.1) is 0 Å². The lowest BCUT2D eigenvalue weighted by Gasteiger charge is -2.43. The second-order valence-electron chi connectivity index (χ2n) is 5.69. The van der Waals surface area contributed by atoms with Crippen LogP contribution in [0.4, 0.5) is 0 Å². The van der Waals surface area contributed by atoms with Crippen molar-refractivity contribution >= 4 is 0 Å². The quantitative estimate of drug-likeness (QED) is 0.647. The topological polar surface area (TPSA) is 3.24 Å². The molecular formula is C12H23N. The van der Waals surface area contributed by atoms with Crippen LogP contribution in [-0.4, -0.2) is 23.5 Å². The fraction of sp³-hybridized carbons (Fsp3) is 1.00. The van der Waals surface area contributed by atoms with Crippen LogP contribution in [0.1, 0.15) is 40.5 Å². The molecule has 76 valence electrons. The van der Waals surface area contributed by atoms with Crippen molar-refractivity contribution in [1.82, 2.24) is 4.90 Å². The number of fused-ring (bicyclic) bond motifs is 1. The Morgan fingerprint density at radius 3 is 2.31 bits per heavy atom. The highest BCUT2D eigenvalue weighted by Gasteiger charge is 2.51. The van der Waals surface area contributed by atoms with Gasteiger partial charge in [-0.2, -0.15) is 0 Å². The zero-order valence-electron chi connectivity index (χ0n) is 9.46. The minimum atomic E-state index is 0.844. The van der Waals surface area contributed by atoms with Gasteiger partial charge in [0.1, 0.15) is 0 Å². The van der Waals surface area contributed by atoms with Crippen molar-refractivity contribution in [3.63, 3.8) is 0 Å². The van der Waals surface area contributed by atoms with Gasteiger partial charge in [0.15, 0.2) is 0 Å². The lowest BCUT2D eigenvalue weighted by atomic mass is 9.90. The molecule has 3 fully saturated rings.